The number of rotatable bonds is 3. The molecule has 7 nitrogen and oxygen atoms in total. The van der Waals surface area contributed by atoms with E-state index in [2.05, 4.69) is 20.5 Å². The Morgan fingerprint density at radius 1 is 1.41 bits per heavy atom. The van der Waals surface area contributed by atoms with Crippen molar-refractivity contribution in [2.24, 2.45) is 0 Å². The molecular formula is C10H11N5O2. The van der Waals surface area contributed by atoms with E-state index in [0.29, 0.717) is 11.4 Å². The van der Waals surface area contributed by atoms with Gasteiger partial charge in [-0.15, -0.1) is 5.10 Å². The molecule has 0 unspecified atom stereocenters. The molecule has 0 aliphatic heterocycles. The van der Waals surface area contributed by atoms with Crippen molar-refractivity contribution in [1.29, 1.82) is 0 Å². The zero-order chi connectivity index (χ0) is 12.3. The second-order valence-electron chi connectivity index (χ2n) is 3.20. The molecule has 0 saturated heterocycles. The van der Waals surface area contributed by atoms with Crippen molar-refractivity contribution in [1.82, 2.24) is 15.2 Å². The quantitative estimate of drug-likeness (QED) is 0.712. The highest BCUT2D eigenvalue weighted by Crippen LogP contribution is 2.25. The number of nitrogens with two attached hydrogens (primary N) is 1. The van der Waals surface area contributed by atoms with Crippen LogP contribution in [0.5, 0.6) is 5.75 Å². The van der Waals surface area contributed by atoms with E-state index in [9.17, 15) is 4.79 Å². The van der Waals surface area contributed by atoms with Crippen LogP contribution in [0.4, 0.5) is 17.5 Å². The van der Waals surface area contributed by atoms with Crippen LogP contribution in [-0.4, -0.2) is 22.3 Å². The van der Waals surface area contributed by atoms with E-state index >= 15 is 0 Å². The minimum atomic E-state index is -0.518. The summed E-state index contributed by atoms with van der Waals surface area (Å²) < 4.78 is 5.15. The highest BCUT2D eigenvalue weighted by atomic mass is 16.5. The Hall–Kier alpha value is -2.57. The predicted octanol–water partition coefficient (Wildman–Crippen LogP) is 0.499. The van der Waals surface area contributed by atoms with Gasteiger partial charge in [-0.25, -0.2) is 5.10 Å². The fourth-order valence-corrected chi connectivity index (χ4v) is 1.28. The molecule has 0 saturated carbocycles. The molecule has 1 aromatic heterocycles. The summed E-state index contributed by atoms with van der Waals surface area (Å²) in [6, 6.07) is 7.26. The lowest BCUT2D eigenvalue weighted by atomic mass is 10.3. The molecule has 0 fully saturated rings. The number of methoxy groups -OCH3 is 1. The second-order valence-corrected chi connectivity index (χ2v) is 3.20. The lowest BCUT2D eigenvalue weighted by Gasteiger charge is -2.08. The maximum Gasteiger partial charge on any atom is 0.306 e. The van der Waals surface area contributed by atoms with Gasteiger partial charge in [0.2, 0.25) is 5.95 Å². The molecular weight excluding hydrogens is 222 g/mol. The molecule has 0 spiro atoms. The van der Waals surface area contributed by atoms with Crippen LogP contribution in [-0.2, 0) is 0 Å². The van der Waals surface area contributed by atoms with Gasteiger partial charge >= 0.3 is 5.56 Å². The number of nitrogens with one attached hydrogen (secondary N) is 2. The lowest BCUT2D eigenvalue weighted by molar-refractivity contribution is 0.417. The van der Waals surface area contributed by atoms with Crippen molar-refractivity contribution in [3.8, 4) is 5.75 Å². The standard InChI is InChI=1S/C10H11N5O2/c1-17-7-5-3-2-4-6(7)12-10-13-8(11)9(16)14-15-10/h2-5H,1H3,(H,14,16)(H3,11,12,13,15). The summed E-state index contributed by atoms with van der Waals surface area (Å²) in [4.78, 5) is 14.8. The highest BCUT2D eigenvalue weighted by Gasteiger charge is 2.05. The fraction of sp³-hybridized carbons (Fsp3) is 0.100. The lowest BCUT2D eigenvalue weighted by Crippen LogP contribution is -2.17. The van der Waals surface area contributed by atoms with E-state index in [4.69, 9.17) is 10.5 Å². The van der Waals surface area contributed by atoms with Crippen LogP contribution in [0.1, 0.15) is 0 Å². The normalized spacial score (nSPS) is 9.94. The zero-order valence-corrected chi connectivity index (χ0v) is 9.10. The van der Waals surface area contributed by atoms with Crippen molar-refractivity contribution in [3.05, 3.63) is 34.6 Å². The van der Waals surface area contributed by atoms with Gasteiger partial charge in [0.15, 0.2) is 5.82 Å². The molecule has 2 aromatic rings. The first-order valence-electron chi connectivity index (χ1n) is 4.83. The van der Waals surface area contributed by atoms with Gasteiger partial charge in [-0.3, -0.25) is 4.79 Å². The van der Waals surface area contributed by atoms with Gasteiger partial charge in [0, 0.05) is 0 Å². The molecule has 1 heterocycles. The number of anilines is 3. The Bertz CT molecular complexity index is 581. The molecule has 0 amide bonds. The van der Waals surface area contributed by atoms with Crippen LogP contribution in [0.25, 0.3) is 0 Å². The Balaban J connectivity index is 2.31. The molecule has 2 rings (SSSR count). The summed E-state index contributed by atoms with van der Waals surface area (Å²) in [7, 11) is 1.56. The van der Waals surface area contributed by atoms with Gasteiger partial charge in [-0.1, -0.05) is 12.1 Å². The molecule has 7 heteroatoms. The Labute approximate surface area is 96.6 Å². The molecule has 88 valence electrons. The van der Waals surface area contributed by atoms with E-state index < -0.39 is 5.56 Å². The third-order valence-electron chi connectivity index (χ3n) is 2.08. The number of aromatic amines is 1. The highest BCUT2D eigenvalue weighted by molar-refractivity contribution is 5.62. The smallest absolute Gasteiger partial charge is 0.306 e. The van der Waals surface area contributed by atoms with Crippen LogP contribution in [0, 0.1) is 0 Å². The van der Waals surface area contributed by atoms with Crippen LogP contribution in [0.3, 0.4) is 0 Å². The van der Waals surface area contributed by atoms with Gasteiger partial charge in [-0.2, -0.15) is 4.98 Å². The Morgan fingerprint density at radius 3 is 2.88 bits per heavy atom. The van der Waals surface area contributed by atoms with Crippen molar-refractivity contribution in [2.75, 3.05) is 18.2 Å². The third kappa shape index (κ3) is 2.33. The van der Waals surface area contributed by atoms with Crippen LogP contribution in [0.15, 0.2) is 29.1 Å². The first-order valence-corrected chi connectivity index (χ1v) is 4.83. The van der Waals surface area contributed by atoms with E-state index in [-0.39, 0.29) is 11.8 Å². The Kier molecular flexibility index (Phi) is 2.91. The molecule has 4 N–H and O–H groups in total. The molecule has 0 radical (unpaired) electrons. The summed E-state index contributed by atoms with van der Waals surface area (Å²) in [5.41, 5.74) is 5.54. The molecule has 1 aromatic carbocycles. The van der Waals surface area contributed by atoms with E-state index in [1.807, 2.05) is 12.1 Å². The minimum Gasteiger partial charge on any atom is -0.495 e. The van der Waals surface area contributed by atoms with Crippen molar-refractivity contribution >= 4 is 17.5 Å². The average molecular weight is 233 g/mol. The summed E-state index contributed by atoms with van der Waals surface area (Å²) >= 11 is 0. The van der Waals surface area contributed by atoms with E-state index in [1.54, 1.807) is 19.2 Å². The van der Waals surface area contributed by atoms with Gasteiger partial charge < -0.3 is 15.8 Å². The monoisotopic (exact) mass is 233 g/mol. The minimum absolute atomic E-state index is 0.141. The number of hydrogen-bond donors (Lipinski definition) is 3. The van der Waals surface area contributed by atoms with Crippen LogP contribution in [0.2, 0.25) is 0 Å². The average Bonchev–Trinajstić information content (AvgIpc) is 2.34. The van der Waals surface area contributed by atoms with E-state index in [0.717, 1.165) is 0 Å². The maximum absolute atomic E-state index is 11.0. The molecule has 0 atom stereocenters. The number of ether oxygens (including phenoxy) is 1. The van der Waals surface area contributed by atoms with Crippen molar-refractivity contribution < 1.29 is 4.74 Å². The van der Waals surface area contributed by atoms with Gasteiger partial charge in [0.25, 0.3) is 0 Å². The fourth-order valence-electron chi connectivity index (χ4n) is 1.28. The zero-order valence-electron chi connectivity index (χ0n) is 9.10. The Morgan fingerprint density at radius 2 is 2.18 bits per heavy atom. The first-order chi connectivity index (χ1) is 8.20. The van der Waals surface area contributed by atoms with Gasteiger partial charge in [0.1, 0.15) is 5.75 Å². The molecule has 0 bridgehead atoms. The second kappa shape index (κ2) is 4.52. The number of nitrogens with zero attached hydrogens (tertiary/aromatic N) is 2. The topological polar surface area (TPSA) is 106 Å². The van der Waals surface area contributed by atoms with Crippen molar-refractivity contribution in [3.63, 3.8) is 0 Å². The maximum atomic E-state index is 11.0. The van der Waals surface area contributed by atoms with Crippen LogP contribution < -0.4 is 21.3 Å². The summed E-state index contributed by atoms with van der Waals surface area (Å²) in [5, 5.41) is 8.84. The number of H-pyrrole nitrogens is 1. The molecule has 0 aliphatic rings. The summed E-state index contributed by atoms with van der Waals surface area (Å²) in [6.45, 7) is 0. The summed E-state index contributed by atoms with van der Waals surface area (Å²) in [5.74, 6) is 0.699. The number of benzene rings is 1. The van der Waals surface area contributed by atoms with Gasteiger partial charge in [0.05, 0.1) is 12.8 Å². The van der Waals surface area contributed by atoms with Crippen molar-refractivity contribution in [2.45, 2.75) is 0 Å². The van der Waals surface area contributed by atoms with Gasteiger partial charge in [-0.05, 0) is 12.1 Å². The largest absolute Gasteiger partial charge is 0.495 e. The van der Waals surface area contributed by atoms with Crippen LogP contribution >= 0.6 is 0 Å². The number of para-hydroxylation sites is 2. The first kappa shape index (κ1) is 10.9. The number of nitrogen functional groups attached to an aromatic ring is 1. The number of aromatic nitrogens is 3. The predicted molar refractivity (Wildman–Crippen MR) is 63.3 cm³/mol. The number of hydrogen-bond acceptors (Lipinski definition) is 6. The third-order valence-corrected chi connectivity index (χ3v) is 2.08. The SMILES string of the molecule is COc1ccccc1Nc1n[nH]c(=O)c(N)n1. The summed E-state index contributed by atoms with van der Waals surface area (Å²) in [6.07, 6.45) is 0. The molecule has 17 heavy (non-hydrogen) atoms. The molecule has 0 aliphatic carbocycles. The van der Waals surface area contributed by atoms with E-state index in [1.165, 1.54) is 0 Å².